The maximum atomic E-state index is 13.5. The fraction of sp³-hybridized carbons (Fsp3) is 0.500. The molecule has 1 aliphatic rings. The Morgan fingerprint density at radius 3 is 2.48 bits per heavy atom. The molecule has 1 aromatic carbocycles. The molecule has 1 heterocycles. The largest absolute Gasteiger partial charge is 0.364 e. The number of nitrogens with one attached hydrogen (secondary N) is 2. The van der Waals surface area contributed by atoms with Gasteiger partial charge in [-0.3, -0.25) is 4.79 Å². The van der Waals surface area contributed by atoms with Crippen molar-refractivity contribution < 1.29 is 27.6 Å². The summed E-state index contributed by atoms with van der Waals surface area (Å²) in [4.78, 5) is 12.9. The summed E-state index contributed by atoms with van der Waals surface area (Å²) < 4.78 is 44.9. The van der Waals surface area contributed by atoms with Crippen LogP contribution in [-0.2, 0) is 9.53 Å². The molecule has 2 rings (SSSR count). The molecule has 116 valence electrons. The van der Waals surface area contributed by atoms with Crippen LogP contribution in [0, 0.1) is 17.5 Å². The van der Waals surface area contributed by atoms with Crippen LogP contribution in [0.15, 0.2) is 12.1 Å². The third-order valence-electron chi connectivity index (χ3n) is 3.34. The summed E-state index contributed by atoms with van der Waals surface area (Å²) in [5.41, 5.74) is -0.354. The zero-order valence-corrected chi connectivity index (χ0v) is 11.9. The second-order valence-electron chi connectivity index (χ2n) is 5.36. The number of amides is 1. The zero-order valence-electron chi connectivity index (χ0n) is 11.9. The Labute approximate surface area is 120 Å². The molecule has 0 unspecified atom stereocenters. The molecule has 4 nitrogen and oxygen atoms in total. The molecule has 1 aliphatic heterocycles. The van der Waals surface area contributed by atoms with E-state index in [-0.39, 0.29) is 24.4 Å². The van der Waals surface area contributed by atoms with E-state index in [9.17, 15) is 18.0 Å². The lowest BCUT2D eigenvalue weighted by molar-refractivity contribution is -0.907. The molecule has 1 fully saturated rings. The van der Waals surface area contributed by atoms with Gasteiger partial charge in [-0.1, -0.05) is 0 Å². The van der Waals surface area contributed by atoms with Crippen LogP contribution < -0.4 is 10.2 Å². The van der Waals surface area contributed by atoms with Gasteiger partial charge in [-0.05, 0) is 26.0 Å². The summed E-state index contributed by atoms with van der Waals surface area (Å²) in [6, 6.07) is 1.78. The van der Waals surface area contributed by atoms with Gasteiger partial charge in [0, 0.05) is 0 Å². The van der Waals surface area contributed by atoms with Crippen LogP contribution in [0.25, 0.3) is 0 Å². The van der Waals surface area contributed by atoms with Crippen LogP contribution in [0.4, 0.5) is 18.9 Å². The highest BCUT2D eigenvalue weighted by Crippen LogP contribution is 2.19. The third kappa shape index (κ3) is 3.95. The van der Waals surface area contributed by atoms with E-state index in [1.807, 2.05) is 13.8 Å². The first kappa shape index (κ1) is 15.8. The van der Waals surface area contributed by atoms with Gasteiger partial charge in [0.15, 0.2) is 24.0 Å². The second kappa shape index (κ2) is 6.44. The first-order chi connectivity index (χ1) is 9.86. The van der Waals surface area contributed by atoms with E-state index in [1.54, 1.807) is 0 Å². The molecule has 1 saturated heterocycles. The molecule has 1 aromatic rings. The Morgan fingerprint density at radius 2 is 1.86 bits per heavy atom. The van der Waals surface area contributed by atoms with Crippen LogP contribution in [0.3, 0.4) is 0 Å². The Bertz CT molecular complexity index is 529. The number of carbonyl (C=O) groups is 1. The van der Waals surface area contributed by atoms with Crippen molar-refractivity contribution in [1.82, 2.24) is 0 Å². The van der Waals surface area contributed by atoms with Crippen molar-refractivity contribution in [2.75, 3.05) is 25.0 Å². The lowest BCUT2D eigenvalue weighted by Gasteiger charge is -2.31. The fourth-order valence-electron chi connectivity index (χ4n) is 2.58. The molecule has 0 bridgehead atoms. The lowest BCUT2D eigenvalue weighted by atomic mass is 10.2. The lowest BCUT2D eigenvalue weighted by Crippen LogP contribution is -3.16. The molecule has 21 heavy (non-hydrogen) atoms. The van der Waals surface area contributed by atoms with Crippen molar-refractivity contribution in [2.24, 2.45) is 0 Å². The molecule has 2 N–H and O–H groups in total. The zero-order chi connectivity index (χ0) is 15.6. The second-order valence-corrected chi connectivity index (χ2v) is 5.36. The van der Waals surface area contributed by atoms with Gasteiger partial charge in [0.25, 0.3) is 5.91 Å². The predicted octanol–water partition coefficient (Wildman–Crippen LogP) is 0.734. The first-order valence-electron chi connectivity index (χ1n) is 6.79. The average Bonchev–Trinajstić information content (AvgIpc) is 2.38. The van der Waals surface area contributed by atoms with E-state index in [0.29, 0.717) is 13.1 Å². The third-order valence-corrected chi connectivity index (χ3v) is 3.34. The van der Waals surface area contributed by atoms with Gasteiger partial charge in [-0.2, -0.15) is 0 Å². The van der Waals surface area contributed by atoms with Gasteiger partial charge in [0.2, 0.25) is 0 Å². The van der Waals surface area contributed by atoms with E-state index >= 15 is 0 Å². The summed E-state index contributed by atoms with van der Waals surface area (Å²) in [7, 11) is 0. The van der Waals surface area contributed by atoms with Gasteiger partial charge in [-0.15, -0.1) is 0 Å². The number of carbonyl (C=O) groups excluding carboxylic acids is 1. The number of ether oxygens (including phenoxy) is 1. The van der Waals surface area contributed by atoms with Crippen molar-refractivity contribution in [1.29, 1.82) is 0 Å². The van der Waals surface area contributed by atoms with E-state index in [2.05, 4.69) is 5.32 Å². The van der Waals surface area contributed by atoms with E-state index in [1.165, 1.54) is 0 Å². The Morgan fingerprint density at radius 1 is 1.24 bits per heavy atom. The normalized spacial score (nSPS) is 25.7. The van der Waals surface area contributed by atoms with Gasteiger partial charge in [0.1, 0.15) is 25.3 Å². The molecular weight excluding hydrogens is 285 g/mol. The highest BCUT2D eigenvalue weighted by atomic mass is 19.2. The summed E-state index contributed by atoms with van der Waals surface area (Å²) in [5, 5.41) is 2.27. The van der Waals surface area contributed by atoms with Crippen molar-refractivity contribution in [3.63, 3.8) is 0 Å². The molecular formula is C14H18F3N2O2+. The van der Waals surface area contributed by atoms with Gasteiger partial charge >= 0.3 is 0 Å². The number of halogens is 3. The van der Waals surface area contributed by atoms with Crippen LogP contribution in [0.1, 0.15) is 13.8 Å². The van der Waals surface area contributed by atoms with Gasteiger partial charge in [0.05, 0.1) is 5.69 Å². The summed E-state index contributed by atoms with van der Waals surface area (Å²) >= 11 is 0. The minimum atomic E-state index is -1.59. The monoisotopic (exact) mass is 303 g/mol. The highest BCUT2D eigenvalue weighted by molar-refractivity contribution is 5.91. The number of morpholine rings is 1. The summed E-state index contributed by atoms with van der Waals surface area (Å²) in [6.07, 6.45) is 0.0769. The van der Waals surface area contributed by atoms with Crippen molar-refractivity contribution in [3.05, 3.63) is 29.6 Å². The standard InChI is InChI=1S/C14H17F3N2O2/c1-8-5-19(6-9(2)21-8)7-12(20)18-11-4-3-10(15)13(16)14(11)17/h3-4,8-9H,5-7H2,1-2H3,(H,18,20)/p+1/t8-,9-/m0/s1. The van der Waals surface area contributed by atoms with E-state index < -0.39 is 23.4 Å². The maximum Gasteiger partial charge on any atom is 0.279 e. The molecule has 0 radical (unpaired) electrons. The topological polar surface area (TPSA) is 42.8 Å². The molecule has 7 heteroatoms. The fourth-order valence-corrected chi connectivity index (χ4v) is 2.58. The van der Waals surface area contributed by atoms with Crippen molar-refractivity contribution in [3.8, 4) is 0 Å². The molecule has 1 amide bonds. The molecule has 0 saturated carbocycles. The van der Waals surface area contributed by atoms with Gasteiger partial charge in [-0.25, -0.2) is 13.2 Å². The summed E-state index contributed by atoms with van der Waals surface area (Å²) in [5.74, 6) is -4.71. The number of anilines is 1. The van der Waals surface area contributed by atoms with Crippen LogP contribution >= 0.6 is 0 Å². The van der Waals surface area contributed by atoms with Crippen molar-refractivity contribution >= 4 is 11.6 Å². The SMILES string of the molecule is C[C@H]1C[NH+](CC(=O)Nc2ccc(F)c(F)c2F)C[C@H](C)O1. The average molecular weight is 303 g/mol. The van der Waals surface area contributed by atoms with Crippen LogP contribution in [-0.4, -0.2) is 37.7 Å². The Hall–Kier alpha value is -1.60. The first-order valence-corrected chi connectivity index (χ1v) is 6.79. The minimum Gasteiger partial charge on any atom is -0.364 e. The molecule has 0 aliphatic carbocycles. The molecule has 0 aromatic heterocycles. The Kier molecular flexibility index (Phi) is 4.84. The highest BCUT2D eigenvalue weighted by Gasteiger charge is 2.27. The number of quaternary nitrogens is 1. The van der Waals surface area contributed by atoms with Crippen LogP contribution in [0.2, 0.25) is 0 Å². The van der Waals surface area contributed by atoms with E-state index in [4.69, 9.17) is 4.74 Å². The summed E-state index contributed by atoms with van der Waals surface area (Å²) in [6.45, 7) is 5.29. The minimum absolute atomic E-state index is 0.0385. The number of benzene rings is 1. The Balaban J connectivity index is 1.97. The number of rotatable bonds is 3. The van der Waals surface area contributed by atoms with Gasteiger partial charge < -0.3 is 15.0 Å². The smallest absolute Gasteiger partial charge is 0.279 e. The number of hydrogen-bond acceptors (Lipinski definition) is 2. The predicted molar refractivity (Wildman–Crippen MR) is 70.5 cm³/mol. The molecule has 0 spiro atoms. The number of hydrogen-bond donors (Lipinski definition) is 2. The van der Waals surface area contributed by atoms with E-state index in [0.717, 1.165) is 17.0 Å². The van der Waals surface area contributed by atoms with Crippen molar-refractivity contribution in [2.45, 2.75) is 26.1 Å². The maximum absolute atomic E-state index is 13.5. The van der Waals surface area contributed by atoms with Crippen LogP contribution in [0.5, 0.6) is 0 Å². The quantitative estimate of drug-likeness (QED) is 0.809. The molecule has 2 atom stereocenters.